The monoisotopic (exact) mass is 332 g/mol. The fraction of sp³-hybridized carbons (Fsp3) is 0.500. The van der Waals surface area contributed by atoms with Gasteiger partial charge in [0.05, 0.1) is 11.6 Å². The van der Waals surface area contributed by atoms with Gasteiger partial charge in [-0.25, -0.2) is 0 Å². The van der Waals surface area contributed by atoms with Gasteiger partial charge in [0, 0.05) is 36.8 Å². The molecule has 0 saturated carbocycles. The van der Waals surface area contributed by atoms with Crippen molar-refractivity contribution in [1.29, 1.82) is 0 Å². The smallest absolute Gasteiger partial charge is 0.260 e. The number of rotatable bonds is 4. The van der Waals surface area contributed by atoms with Gasteiger partial charge in [-0.2, -0.15) is 0 Å². The first-order valence-electron chi connectivity index (χ1n) is 6.69. The van der Waals surface area contributed by atoms with Crippen molar-refractivity contribution in [3.63, 3.8) is 0 Å². The summed E-state index contributed by atoms with van der Waals surface area (Å²) in [6.07, 6.45) is 0. The average molecular weight is 333 g/mol. The van der Waals surface area contributed by atoms with Gasteiger partial charge in [0.2, 0.25) is 0 Å². The van der Waals surface area contributed by atoms with Crippen LogP contribution in [0.4, 0.5) is 0 Å². The number of halogens is 2. The number of aliphatic hydroxyl groups excluding tert-OH is 1. The van der Waals surface area contributed by atoms with E-state index < -0.39 is 0 Å². The predicted octanol–water partition coefficient (Wildman–Crippen LogP) is 1.64. The van der Waals surface area contributed by atoms with Crippen molar-refractivity contribution in [2.45, 2.75) is 6.61 Å². The number of carbonyl (C=O) groups is 1. The zero-order valence-electron chi connectivity index (χ0n) is 11.8. The normalized spacial score (nSPS) is 16.1. The van der Waals surface area contributed by atoms with Crippen LogP contribution in [0.2, 0.25) is 10.0 Å². The molecule has 0 atom stereocenters. The molecule has 2 rings (SSSR count). The van der Waals surface area contributed by atoms with Gasteiger partial charge < -0.3 is 19.6 Å². The molecule has 0 radical (unpaired) electrons. The molecule has 21 heavy (non-hydrogen) atoms. The second kappa shape index (κ2) is 7.31. The lowest BCUT2D eigenvalue weighted by Gasteiger charge is -2.32. The zero-order valence-corrected chi connectivity index (χ0v) is 13.3. The van der Waals surface area contributed by atoms with Gasteiger partial charge in [0.1, 0.15) is 5.75 Å². The Morgan fingerprint density at radius 1 is 1.29 bits per heavy atom. The average Bonchev–Trinajstić information content (AvgIpc) is 2.46. The van der Waals surface area contributed by atoms with Crippen molar-refractivity contribution in [3.05, 3.63) is 27.7 Å². The number of nitrogens with zero attached hydrogens (tertiary/aromatic N) is 2. The van der Waals surface area contributed by atoms with Crippen molar-refractivity contribution >= 4 is 29.1 Å². The molecule has 116 valence electrons. The first kappa shape index (κ1) is 16.4. The summed E-state index contributed by atoms with van der Waals surface area (Å²) < 4.78 is 5.50. The Kier molecular flexibility index (Phi) is 5.70. The van der Waals surface area contributed by atoms with Gasteiger partial charge >= 0.3 is 0 Å². The number of hydrogen-bond donors (Lipinski definition) is 1. The van der Waals surface area contributed by atoms with E-state index in [-0.39, 0.29) is 24.1 Å². The van der Waals surface area contributed by atoms with Gasteiger partial charge in [-0.3, -0.25) is 4.79 Å². The Balaban J connectivity index is 1.98. The molecule has 0 unspecified atom stereocenters. The highest BCUT2D eigenvalue weighted by molar-refractivity contribution is 6.35. The Hall–Kier alpha value is -1.01. The second-order valence-corrected chi connectivity index (χ2v) is 5.85. The lowest BCUT2D eigenvalue weighted by Crippen LogP contribution is -2.48. The Morgan fingerprint density at radius 3 is 2.57 bits per heavy atom. The van der Waals surface area contributed by atoms with Crippen LogP contribution in [-0.2, 0) is 11.4 Å². The van der Waals surface area contributed by atoms with Crippen LogP contribution in [0.15, 0.2) is 12.1 Å². The molecule has 1 aromatic carbocycles. The second-order valence-electron chi connectivity index (χ2n) is 5.01. The Labute approximate surface area is 134 Å². The summed E-state index contributed by atoms with van der Waals surface area (Å²) in [6.45, 7) is 2.75. The Bertz CT molecular complexity index is 517. The van der Waals surface area contributed by atoms with E-state index in [1.54, 1.807) is 11.0 Å². The molecule has 1 fully saturated rings. The number of aliphatic hydroxyl groups is 1. The van der Waals surface area contributed by atoms with Crippen LogP contribution in [0, 0.1) is 0 Å². The van der Waals surface area contributed by atoms with Gasteiger partial charge in [-0.15, -0.1) is 0 Å². The van der Waals surface area contributed by atoms with Crippen molar-refractivity contribution in [2.24, 2.45) is 0 Å². The molecule has 5 nitrogen and oxygen atoms in total. The Morgan fingerprint density at radius 2 is 1.95 bits per heavy atom. The number of hydrogen-bond acceptors (Lipinski definition) is 4. The summed E-state index contributed by atoms with van der Waals surface area (Å²) in [5.74, 6) is 0.226. The molecule has 0 spiro atoms. The van der Waals surface area contributed by atoms with Crippen LogP contribution in [0.25, 0.3) is 0 Å². The third kappa shape index (κ3) is 4.23. The maximum atomic E-state index is 12.1. The molecule has 1 saturated heterocycles. The van der Waals surface area contributed by atoms with Crippen molar-refractivity contribution < 1.29 is 14.6 Å². The molecule has 0 aromatic heterocycles. The van der Waals surface area contributed by atoms with E-state index >= 15 is 0 Å². The first-order valence-corrected chi connectivity index (χ1v) is 7.44. The molecular weight excluding hydrogens is 315 g/mol. The minimum atomic E-state index is -0.252. The molecule has 7 heteroatoms. The quantitative estimate of drug-likeness (QED) is 0.910. The highest BCUT2D eigenvalue weighted by Crippen LogP contribution is 2.32. The van der Waals surface area contributed by atoms with Crippen molar-refractivity contribution in [3.8, 4) is 5.75 Å². The van der Waals surface area contributed by atoms with E-state index in [9.17, 15) is 9.90 Å². The minimum absolute atomic E-state index is 0.0852. The fourth-order valence-corrected chi connectivity index (χ4v) is 2.76. The van der Waals surface area contributed by atoms with Gasteiger partial charge in [0.25, 0.3) is 5.91 Å². The van der Waals surface area contributed by atoms with E-state index in [1.165, 1.54) is 6.07 Å². The summed E-state index contributed by atoms with van der Waals surface area (Å²) in [5, 5.41) is 10.0. The first-order chi connectivity index (χ1) is 10.0. The van der Waals surface area contributed by atoms with E-state index in [0.29, 0.717) is 29.4 Å². The maximum Gasteiger partial charge on any atom is 0.260 e. The summed E-state index contributed by atoms with van der Waals surface area (Å²) in [4.78, 5) is 16.0. The molecule has 0 aliphatic carbocycles. The van der Waals surface area contributed by atoms with Crippen molar-refractivity contribution in [2.75, 3.05) is 39.8 Å². The molecular formula is C14H18Cl2N2O3. The highest BCUT2D eigenvalue weighted by Gasteiger charge is 2.20. The fourth-order valence-electron chi connectivity index (χ4n) is 2.17. The lowest BCUT2D eigenvalue weighted by atomic mass is 10.2. The van der Waals surface area contributed by atoms with Gasteiger partial charge in [-0.1, -0.05) is 23.2 Å². The molecule has 1 aromatic rings. The molecule has 0 bridgehead atoms. The highest BCUT2D eigenvalue weighted by atomic mass is 35.5. The third-order valence-electron chi connectivity index (χ3n) is 3.45. The molecule has 1 aliphatic heterocycles. The topological polar surface area (TPSA) is 53.0 Å². The van der Waals surface area contributed by atoms with E-state index in [4.69, 9.17) is 27.9 Å². The van der Waals surface area contributed by atoms with E-state index in [1.807, 2.05) is 7.05 Å². The summed E-state index contributed by atoms with van der Waals surface area (Å²) in [5.41, 5.74) is 0.471. The van der Waals surface area contributed by atoms with Gasteiger partial charge in [0.15, 0.2) is 6.61 Å². The van der Waals surface area contributed by atoms with Crippen LogP contribution in [0.1, 0.15) is 5.56 Å². The van der Waals surface area contributed by atoms with Crippen LogP contribution in [-0.4, -0.2) is 60.6 Å². The predicted molar refractivity (Wildman–Crippen MR) is 82.0 cm³/mol. The number of amides is 1. The van der Waals surface area contributed by atoms with Gasteiger partial charge in [-0.05, 0) is 19.2 Å². The summed E-state index contributed by atoms with van der Waals surface area (Å²) >= 11 is 11.9. The number of likely N-dealkylation sites (N-methyl/N-ethyl adjacent to an activating group) is 1. The van der Waals surface area contributed by atoms with E-state index in [0.717, 1.165) is 13.1 Å². The lowest BCUT2D eigenvalue weighted by molar-refractivity contribution is -0.134. The van der Waals surface area contributed by atoms with Crippen LogP contribution in [0.5, 0.6) is 5.75 Å². The van der Waals surface area contributed by atoms with Crippen molar-refractivity contribution in [1.82, 2.24) is 9.80 Å². The van der Waals surface area contributed by atoms with Crippen LogP contribution >= 0.6 is 23.2 Å². The number of benzene rings is 1. The van der Waals surface area contributed by atoms with Crippen LogP contribution in [0.3, 0.4) is 0 Å². The summed E-state index contributed by atoms with van der Waals surface area (Å²) in [6, 6.07) is 3.10. The number of ether oxygens (including phenoxy) is 1. The number of carbonyl (C=O) groups excluding carboxylic acids is 1. The van der Waals surface area contributed by atoms with E-state index in [2.05, 4.69) is 4.90 Å². The molecule has 1 N–H and O–H groups in total. The van der Waals surface area contributed by atoms with Crippen LogP contribution < -0.4 is 4.74 Å². The zero-order chi connectivity index (χ0) is 15.4. The summed E-state index contributed by atoms with van der Waals surface area (Å²) in [7, 11) is 2.03. The SMILES string of the molecule is CN1CCN(C(=O)COc2c(Cl)cc(Cl)cc2CO)CC1. The largest absolute Gasteiger partial charge is 0.482 e. The molecule has 1 heterocycles. The standard InChI is InChI=1S/C14H18Cl2N2O3/c1-17-2-4-18(5-3-17)13(20)9-21-14-10(8-19)6-11(15)7-12(14)16/h6-7,19H,2-5,8-9H2,1H3. The maximum absolute atomic E-state index is 12.1. The molecule has 1 aliphatic rings. The third-order valence-corrected chi connectivity index (χ3v) is 3.95. The molecule has 1 amide bonds. The minimum Gasteiger partial charge on any atom is -0.482 e. The number of piperazine rings is 1.